The Kier molecular flexibility index (Phi) is 8.23. The van der Waals surface area contributed by atoms with E-state index in [1.54, 1.807) is 7.05 Å². The molecule has 0 bridgehead atoms. The molecule has 0 radical (unpaired) electrons. The zero-order chi connectivity index (χ0) is 20.5. The van der Waals surface area contributed by atoms with Gasteiger partial charge in [-0.15, -0.1) is 0 Å². The van der Waals surface area contributed by atoms with Crippen LogP contribution in [0.2, 0.25) is 0 Å². The van der Waals surface area contributed by atoms with E-state index in [4.69, 9.17) is 9.57 Å². The summed E-state index contributed by atoms with van der Waals surface area (Å²) in [5.41, 5.74) is 2.69. The highest BCUT2D eigenvalue weighted by molar-refractivity contribution is 5.76. The second kappa shape index (κ2) is 11.1. The van der Waals surface area contributed by atoms with Crippen molar-refractivity contribution in [1.82, 2.24) is 9.96 Å². The molecular weight excluding hydrogens is 364 g/mol. The first-order valence-corrected chi connectivity index (χ1v) is 10.4. The monoisotopic (exact) mass is 396 g/mol. The van der Waals surface area contributed by atoms with Crippen LogP contribution in [0.15, 0.2) is 60.7 Å². The van der Waals surface area contributed by atoms with E-state index in [1.165, 1.54) is 23.3 Å². The third-order valence-electron chi connectivity index (χ3n) is 5.68. The van der Waals surface area contributed by atoms with E-state index in [1.807, 2.05) is 0 Å². The first-order valence-electron chi connectivity index (χ1n) is 10.4. The van der Waals surface area contributed by atoms with Gasteiger partial charge in [0.1, 0.15) is 6.61 Å². The minimum atomic E-state index is -0.149. The Morgan fingerprint density at radius 1 is 0.897 bits per heavy atom. The van der Waals surface area contributed by atoms with Crippen molar-refractivity contribution in [2.45, 2.75) is 50.9 Å². The second-order valence-electron chi connectivity index (χ2n) is 7.69. The van der Waals surface area contributed by atoms with Crippen LogP contribution in [0.25, 0.3) is 0 Å². The molecule has 0 saturated heterocycles. The maximum Gasteiger partial charge on any atom is 0.271 e. The number of likely N-dealkylation sites (N-methyl/N-ethyl adjacent to an activating group) is 1. The van der Waals surface area contributed by atoms with Crippen LogP contribution in [0.1, 0.15) is 36.8 Å². The van der Waals surface area contributed by atoms with E-state index in [0.717, 1.165) is 38.8 Å². The Hall–Kier alpha value is -2.21. The molecule has 1 aliphatic carbocycles. The maximum absolute atomic E-state index is 11.9. The summed E-state index contributed by atoms with van der Waals surface area (Å²) in [5.74, 6) is -0.149. The number of hydrogen-bond donors (Lipinski definition) is 0. The van der Waals surface area contributed by atoms with Crippen molar-refractivity contribution < 1.29 is 14.4 Å². The number of carbonyl (C=O) groups excluding carboxylic acids is 1. The molecule has 0 aliphatic heterocycles. The van der Waals surface area contributed by atoms with E-state index in [2.05, 4.69) is 65.6 Å². The molecule has 1 amide bonds. The van der Waals surface area contributed by atoms with E-state index < -0.39 is 0 Å². The van der Waals surface area contributed by atoms with Gasteiger partial charge in [-0.3, -0.25) is 14.5 Å². The fourth-order valence-corrected chi connectivity index (χ4v) is 3.91. The van der Waals surface area contributed by atoms with Gasteiger partial charge in [0, 0.05) is 26.2 Å². The van der Waals surface area contributed by atoms with E-state index in [-0.39, 0.29) is 18.6 Å². The molecule has 0 N–H and O–H groups in total. The Labute approximate surface area is 174 Å². The van der Waals surface area contributed by atoms with Crippen molar-refractivity contribution in [1.29, 1.82) is 0 Å². The lowest BCUT2D eigenvalue weighted by atomic mass is 9.91. The number of nitrogens with zero attached hydrogens (tertiary/aromatic N) is 2. The van der Waals surface area contributed by atoms with E-state index >= 15 is 0 Å². The summed E-state index contributed by atoms with van der Waals surface area (Å²) in [4.78, 5) is 19.4. The third kappa shape index (κ3) is 6.67. The molecule has 5 heteroatoms. The van der Waals surface area contributed by atoms with Gasteiger partial charge in [0.05, 0.1) is 13.2 Å². The number of benzene rings is 2. The zero-order valence-electron chi connectivity index (χ0n) is 17.5. The minimum Gasteiger partial charge on any atom is -0.368 e. The molecule has 1 saturated carbocycles. The van der Waals surface area contributed by atoms with Crippen molar-refractivity contribution in [3.8, 4) is 0 Å². The maximum atomic E-state index is 11.9. The van der Waals surface area contributed by atoms with Gasteiger partial charge in [-0.1, -0.05) is 60.7 Å². The summed E-state index contributed by atoms with van der Waals surface area (Å²) in [6.45, 7) is 1.98. The van der Waals surface area contributed by atoms with Crippen LogP contribution in [-0.4, -0.2) is 48.8 Å². The third-order valence-corrected chi connectivity index (χ3v) is 5.68. The summed E-state index contributed by atoms with van der Waals surface area (Å²) in [6, 6.07) is 21.9. The van der Waals surface area contributed by atoms with Crippen LogP contribution in [0.5, 0.6) is 0 Å². The fourth-order valence-electron chi connectivity index (χ4n) is 3.91. The number of hydroxylamine groups is 2. The Morgan fingerprint density at radius 2 is 1.41 bits per heavy atom. The SMILES string of the molecule is CON(C)C(=O)COC1CCC(N(Cc2ccccc2)Cc2ccccc2)CC1. The van der Waals surface area contributed by atoms with Crippen LogP contribution in [0, 0.1) is 0 Å². The van der Waals surface area contributed by atoms with Crippen LogP contribution >= 0.6 is 0 Å². The van der Waals surface area contributed by atoms with Crippen molar-refractivity contribution in [2.24, 2.45) is 0 Å². The van der Waals surface area contributed by atoms with Gasteiger partial charge in [-0.25, -0.2) is 5.06 Å². The number of carbonyl (C=O) groups is 1. The molecule has 0 aromatic heterocycles. The number of rotatable bonds is 9. The Morgan fingerprint density at radius 3 is 1.90 bits per heavy atom. The van der Waals surface area contributed by atoms with Crippen molar-refractivity contribution in [2.75, 3.05) is 20.8 Å². The van der Waals surface area contributed by atoms with E-state index in [9.17, 15) is 4.79 Å². The van der Waals surface area contributed by atoms with Crippen molar-refractivity contribution in [3.05, 3.63) is 71.8 Å². The lowest BCUT2D eigenvalue weighted by molar-refractivity contribution is -0.175. The second-order valence-corrected chi connectivity index (χ2v) is 7.69. The van der Waals surface area contributed by atoms with Gasteiger partial charge in [0.25, 0.3) is 5.91 Å². The van der Waals surface area contributed by atoms with Gasteiger partial charge in [0.15, 0.2) is 0 Å². The number of amides is 1. The van der Waals surface area contributed by atoms with Gasteiger partial charge in [0.2, 0.25) is 0 Å². The van der Waals surface area contributed by atoms with Crippen LogP contribution in [0.3, 0.4) is 0 Å². The van der Waals surface area contributed by atoms with Crippen LogP contribution < -0.4 is 0 Å². The number of hydrogen-bond acceptors (Lipinski definition) is 4. The topological polar surface area (TPSA) is 42.0 Å². The largest absolute Gasteiger partial charge is 0.368 e. The van der Waals surface area contributed by atoms with Crippen LogP contribution in [-0.2, 0) is 27.5 Å². The Balaban J connectivity index is 1.56. The molecule has 1 fully saturated rings. The highest BCUT2D eigenvalue weighted by Gasteiger charge is 2.27. The minimum absolute atomic E-state index is 0.0808. The smallest absolute Gasteiger partial charge is 0.271 e. The predicted molar refractivity (Wildman–Crippen MR) is 114 cm³/mol. The Bertz CT molecular complexity index is 689. The predicted octanol–water partition coefficient (Wildman–Crippen LogP) is 4.04. The van der Waals surface area contributed by atoms with Gasteiger partial charge < -0.3 is 4.74 Å². The first-order chi connectivity index (χ1) is 14.2. The summed E-state index contributed by atoms with van der Waals surface area (Å²) < 4.78 is 5.84. The molecule has 0 atom stereocenters. The molecule has 1 aliphatic rings. The van der Waals surface area contributed by atoms with Gasteiger partial charge in [-0.05, 0) is 36.8 Å². The molecular formula is C24H32N2O3. The molecule has 0 spiro atoms. The van der Waals surface area contributed by atoms with Crippen molar-refractivity contribution >= 4 is 5.91 Å². The molecule has 2 aromatic carbocycles. The number of ether oxygens (including phenoxy) is 1. The normalized spacial score (nSPS) is 19.3. The van der Waals surface area contributed by atoms with Crippen LogP contribution in [0.4, 0.5) is 0 Å². The molecule has 2 aromatic rings. The summed E-state index contributed by atoms with van der Waals surface area (Å²) in [7, 11) is 3.09. The van der Waals surface area contributed by atoms with E-state index in [0.29, 0.717) is 6.04 Å². The molecule has 156 valence electrons. The van der Waals surface area contributed by atoms with Crippen molar-refractivity contribution in [3.63, 3.8) is 0 Å². The highest BCUT2D eigenvalue weighted by Crippen LogP contribution is 2.27. The summed E-state index contributed by atoms with van der Waals surface area (Å²) in [5, 5.41) is 1.22. The summed E-state index contributed by atoms with van der Waals surface area (Å²) in [6.07, 6.45) is 4.27. The van der Waals surface area contributed by atoms with Gasteiger partial charge >= 0.3 is 0 Å². The highest BCUT2D eigenvalue weighted by atomic mass is 16.7. The van der Waals surface area contributed by atoms with Gasteiger partial charge in [-0.2, -0.15) is 0 Å². The molecule has 29 heavy (non-hydrogen) atoms. The fraction of sp³-hybridized carbons (Fsp3) is 0.458. The molecule has 0 heterocycles. The first kappa shape index (κ1) is 21.5. The molecule has 5 nitrogen and oxygen atoms in total. The molecule has 3 rings (SSSR count). The average Bonchev–Trinajstić information content (AvgIpc) is 2.78. The lowest BCUT2D eigenvalue weighted by Crippen LogP contribution is -2.39. The standard InChI is InChI=1S/C24H32N2O3/c1-25(28-2)24(27)19-29-23-15-13-22(14-16-23)26(17-20-9-5-3-6-10-20)18-21-11-7-4-8-12-21/h3-12,22-23H,13-19H2,1-2H3. The zero-order valence-corrected chi connectivity index (χ0v) is 17.5. The average molecular weight is 397 g/mol. The summed E-state index contributed by atoms with van der Waals surface area (Å²) >= 11 is 0. The quantitative estimate of drug-likeness (QED) is 0.600. The molecule has 0 unspecified atom stereocenters. The lowest BCUT2D eigenvalue weighted by Gasteiger charge is -2.37.